The minimum absolute atomic E-state index is 0.0592. The van der Waals surface area contributed by atoms with Crippen LogP contribution in [0.15, 0.2) is 12.1 Å². The summed E-state index contributed by atoms with van der Waals surface area (Å²) in [6, 6.07) is 3.25. The van der Waals surface area contributed by atoms with Crippen LogP contribution < -0.4 is 20.1 Å². The van der Waals surface area contributed by atoms with E-state index < -0.39 is 0 Å². The van der Waals surface area contributed by atoms with E-state index in [1.807, 2.05) is 0 Å². The van der Waals surface area contributed by atoms with Crippen LogP contribution in [0.4, 0.5) is 5.69 Å². The third-order valence-corrected chi connectivity index (χ3v) is 3.58. The van der Waals surface area contributed by atoms with Gasteiger partial charge in [-0.3, -0.25) is 4.79 Å². The number of carbonyl (C=O) groups is 1. The van der Waals surface area contributed by atoms with Crippen LogP contribution in [0.1, 0.15) is 12.8 Å². The van der Waals surface area contributed by atoms with Crippen molar-refractivity contribution in [2.24, 2.45) is 0 Å². The Balaban J connectivity index is 1.78. The lowest BCUT2D eigenvalue weighted by molar-refractivity contribution is -0.117. The maximum Gasteiger partial charge on any atom is 0.241 e. The van der Waals surface area contributed by atoms with E-state index in [1.165, 1.54) is 0 Å². The summed E-state index contributed by atoms with van der Waals surface area (Å²) in [5, 5.41) is 6.43. The van der Waals surface area contributed by atoms with Gasteiger partial charge in [-0.25, -0.2) is 0 Å². The second-order valence-corrected chi connectivity index (χ2v) is 5.02. The molecule has 2 aliphatic rings. The highest BCUT2D eigenvalue weighted by atomic mass is 35.5. The Bertz CT molecular complexity index is 501. The molecule has 0 unspecified atom stereocenters. The van der Waals surface area contributed by atoms with Crippen molar-refractivity contribution < 1.29 is 14.3 Å². The van der Waals surface area contributed by atoms with Gasteiger partial charge in [0.25, 0.3) is 0 Å². The number of nitrogens with one attached hydrogen (secondary N) is 2. The number of fused-ring (bicyclic) bond motifs is 1. The molecule has 0 spiro atoms. The Hall–Kier alpha value is -1.46. The lowest BCUT2D eigenvalue weighted by Gasteiger charge is -2.20. The van der Waals surface area contributed by atoms with E-state index >= 15 is 0 Å². The summed E-state index contributed by atoms with van der Waals surface area (Å²) in [7, 11) is 0. The first-order valence-corrected chi connectivity index (χ1v) is 6.75. The highest BCUT2D eigenvalue weighted by molar-refractivity contribution is 6.34. The van der Waals surface area contributed by atoms with Gasteiger partial charge in [0.1, 0.15) is 13.2 Å². The van der Waals surface area contributed by atoms with Gasteiger partial charge in [0, 0.05) is 12.1 Å². The van der Waals surface area contributed by atoms with Crippen LogP contribution in [-0.4, -0.2) is 31.7 Å². The van der Waals surface area contributed by atoms with Crippen LogP contribution >= 0.6 is 11.6 Å². The molecule has 0 saturated carbocycles. The molecule has 0 aliphatic carbocycles. The van der Waals surface area contributed by atoms with Crippen molar-refractivity contribution in [1.29, 1.82) is 0 Å². The van der Waals surface area contributed by atoms with E-state index in [0.29, 0.717) is 35.4 Å². The van der Waals surface area contributed by atoms with E-state index in [0.717, 1.165) is 19.4 Å². The maximum atomic E-state index is 12.0. The average molecular weight is 283 g/mol. The number of amides is 1. The standard InChI is InChI=1S/C13H15ClN2O3/c14-8-6-11-12(19-5-4-18-11)7-10(8)16-13(17)9-2-1-3-15-9/h6-7,9,15H,1-5H2,(H,16,17)/t9-/m1/s1. The van der Waals surface area contributed by atoms with Gasteiger partial charge in [-0.2, -0.15) is 0 Å². The predicted molar refractivity (Wildman–Crippen MR) is 72.1 cm³/mol. The Morgan fingerprint density at radius 1 is 1.32 bits per heavy atom. The third kappa shape index (κ3) is 2.62. The van der Waals surface area contributed by atoms with Gasteiger partial charge in [0.05, 0.1) is 16.8 Å². The fourth-order valence-corrected chi connectivity index (χ4v) is 2.49. The molecule has 2 aliphatic heterocycles. The Morgan fingerprint density at radius 3 is 2.74 bits per heavy atom. The largest absolute Gasteiger partial charge is 0.486 e. The smallest absolute Gasteiger partial charge is 0.241 e. The number of hydrogen-bond acceptors (Lipinski definition) is 4. The first-order chi connectivity index (χ1) is 9.24. The fourth-order valence-electron chi connectivity index (χ4n) is 2.29. The second kappa shape index (κ2) is 5.27. The molecule has 5 nitrogen and oxygen atoms in total. The highest BCUT2D eigenvalue weighted by Gasteiger charge is 2.23. The minimum atomic E-state index is -0.135. The molecule has 0 aromatic heterocycles. The van der Waals surface area contributed by atoms with Crippen molar-refractivity contribution in [3.63, 3.8) is 0 Å². The van der Waals surface area contributed by atoms with Crippen LogP contribution in [0, 0.1) is 0 Å². The van der Waals surface area contributed by atoms with E-state index in [4.69, 9.17) is 21.1 Å². The number of rotatable bonds is 2. The molecular formula is C13H15ClN2O3. The number of halogens is 1. The van der Waals surface area contributed by atoms with Crippen molar-refractivity contribution in [3.8, 4) is 11.5 Å². The molecule has 2 N–H and O–H groups in total. The molecule has 1 fully saturated rings. The summed E-state index contributed by atoms with van der Waals surface area (Å²) in [6.45, 7) is 1.90. The molecule has 2 heterocycles. The molecule has 1 saturated heterocycles. The lowest BCUT2D eigenvalue weighted by Crippen LogP contribution is -2.35. The monoisotopic (exact) mass is 282 g/mol. The highest BCUT2D eigenvalue weighted by Crippen LogP contribution is 2.38. The van der Waals surface area contributed by atoms with Crippen molar-refractivity contribution in [1.82, 2.24) is 5.32 Å². The van der Waals surface area contributed by atoms with Crippen molar-refractivity contribution >= 4 is 23.2 Å². The summed E-state index contributed by atoms with van der Waals surface area (Å²) >= 11 is 6.14. The summed E-state index contributed by atoms with van der Waals surface area (Å²) < 4.78 is 10.9. The van der Waals surface area contributed by atoms with E-state index in [-0.39, 0.29) is 11.9 Å². The molecule has 3 rings (SSSR count). The number of benzene rings is 1. The molecular weight excluding hydrogens is 268 g/mol. The third-order valence-electron chi connectivity index (χ3n) is 3.27. The van der Waals surface area contributed by atoms with Crippen LogP contribution in [0.5, 0.6) is 11.5 Å². The maximum absolute atomic E-state index is 12.0. The molecule has 1 amide bonds. The van der Waals surface area contributed by atoms with E-state index in [9.17, 15) is 4.79 Å². The van der Waals surface area contributed by atoms with Gasteiger partial charge in [-0.05, 0) is 19.4 Å². The zero-order chi connectivity index (χ0) is 13.2. The summed E-state index contributed by atoms with van der Waals surface area (Å²) in [5.41, 5.74) is 0.560. The van der Waals surface area contributed by atoms with Gasteiger partial charge in [0.2, 0.25) is 5.91 Å². The zero-order valence-electron chi connectivity index (χ0n) is 10.4. The zero-order valence-corrected chi connectivity index (χ0v) is 11.1. The molecule has 1 aromatic carbocycles. The van der Waals surface area contributed by atoms with Crippen LogP contribution in [-0.2, 0) is 4.79 Å². The lowest BCUT2D eigenvalue weighted by atomic mass is 10.2. The van der Waals surface area contributed by atoms with Crippen LogP contribution in [0.3, 0.4) is 0 Å². The average Bonchev–Trinajstić information content (AvgIpc) is 2.93. The fraction of sp³-hybridized carbons (Fsp3) is 0.462. The molecule has 6 heteroatoms. The first-order valence-electron chi connectivity index (χ1n) is 6.37. The summed E-state index contributed by atoms with van der Waals surface area (Å²) in [6.07, 6.45) is 1.88. The molecule has 1 aromatic rings. The molecule has 1 atom stereocenters. The summed E-state index contributed by atoms with van der Waals surface area (Å²) in [5.74, 6) is 1.18. The normalized spacial score (nSPS) is 21.2. The molecule has 102 valence electrons. The van der Waals surface area contributed by atoms with E-state index in [2.05, 4.69) is 10.6 Å². The number of ether oxygens (including phenoxy) is 2. The van der Waals surface area contributed by atoms with Crippen LogP contribution in [0.2, 0.25) is 5.02 Å². The summed E-state index contributed by atoms with van der Waals surface area (Å²) in [4.78, 5) is 12.0. The van der Waals surface area contributed by atoms with Crippen molar-refractivity contribution in [2.75, 3.05) is 25.1 Å². The van der Waals surface area contributed by atoms with Gasteiger partial charge >= 0.3 is 0 Å². The Labute approximate surface area is 116 Å². The number of hydrogen-bond donors (Lipinski definition) is 2. The Kier molecular flexibility index (Phi) is 3.48. The van der Waals surface area contributed by atoms with E-state index in [1.54, 1.807) is 12.1 Å². The van der Waals surface area contributed by atoms with Gasteiger partial charge in [-0.15, -0.1) is 0 Å². The molecule has 0 radical (unpaired) electrons. The molecule has 0 bridgehead atoms. The first kappa shape index (κ1) is 12.6. The second-order valence-electron chi connectivity index (χ2n) is 4.61. The number of carbonyl (C=O) groups excluding carboxylic acids is 1. The van der Waals surface area contributed by atoms with Crippen molar-refractivity contribution in [2.45, 2.75) is 18.9 Å². The molecule has 19 heavy (non-hydrogen) atoms. The van der Waals surface area contributed by atoms with Gasteiger partial charge in [0.15, 0.2) is 11.5 Å². The van der Waals surface area contributed by atoms with Crippen molar-refractivity contribution in [3.05, 3.63) is 17.2 Å². The van der Waals surface area contributed by atoms with Gasteiger partial charge in [-0.1, -0.05) is 11.6 Å². The SMILES string of the molecule is O=C(Nc1cc2c(cc1Cl)OCCO2)[C@H]1CCCN1. The topological polar surface area (TPSA) is 59.6 Å². The predicted octanol–water partition coefficient (Wildman–Crippen LogP) is 1.80. The van der Waals surface area contributed by atoms with Crippen LogP contribution in [0.25, 0.3) is 0 Å². The quantitative estimate of drug-likeness (QED) is 0.868. The Morgan fingerprint density at radius 2 is 2.05 bits per heavy atom. The minimum Gasteiger partial charge on any atom is -0.486 e. The van der Waals surface area contributed by atoms with Gasteiger partial charge < -0.3 is 20.1 Å². The number of anilines is 1.